The summed E-state index contributed by atoms with van der Waals surface area (Å²) >= 11 is 5.96. The van der Waals surface area contributed by atoms with E-state index in [2.05, 4.69) is 20.5 Å². The summed E-state index contributed by atoms with van der Waals surface area (Å²) in [6, 6.07) is 8.62. The number of benzene rings is 1. The molecule has 0 bridgehead atoms. The summed E-state index contributed by atoms with van der Waals surface area (Å²) in [6.07, 6.45) is 2.11. The molecule has 1 aromatic carbocycles. The third kappa shape index (κ3) is 4.13. The zero-order valence-corrected chi connectivity index (χ0v) is 18.1. The largest absolute Gasteiger partial charge is 0.375 e. The first-order valence-corrected chi connectivity index (χ1v) is 10.4. The maximum atomic E-state index is 12.9. The van der Waals surface area contributed by atoms with Crippen molar-refractivity contribution >= 4 is 45.7 Å². The van der Waals surface area contributed by atoms with E-state index >= 15 is 0 Å². The van der Waals surface area contributed by atoms with E-state index in [1.54, 1.807) is 37.4 Å². The van der Waals surface area contributed by atoms with Gasteiger partial charge in [0.05, 0.1) is 12.2 Å². The molecule has 1 fully saturated rings. The Hall–Kier alpha value is -3.33. The zero-order valence-electron chi connectivity index (χ0n) is 17.3. The Morgan fingerprint density at radius 1 is 1.13 bits per heavy atom. The van der Waals surface area contributed by atoms with Crippen LogP contribution in [0, 0.1) is 0 Å². The quantitative estimate of drug-likeness (QED) is 0.626. The summed E-state index contributed by atoms with van der Waals surface area (Å²) in [5.74, 6) is 0.377. The average Bonchev–Trinajstić information content (AvgIpc) is 3.29. The van der Waals surface area contributed by atoms with Crippen molar-refractivity contribution in [2.45, 2.75) is 12.8 Å². The maximum absolute atomic E-state index is 12.9. The smallest absolute Gasteiger partial charge is 0.332 e. The topological polar surface area (TPSA) is 101 Å². The van der Waals surface area contributed by atoms with Gasteiger partial charge in [-0.3, -0.25) is 18.7 Å². The van der Waals surface area contributed by atoms with Gasteiger partial charge in [-0.25, -0.2) is 9.78 Å². The first kappa shape index (κ1) is 20.9. The molecule has 4 rings (SSSR count). The molecule has 162 valence electrons. The second-order valence-corrected chi connectivity index (χ2v) is 7.98. The van der Waals surface area contributed by atoms with Crippen molar-refractivity contribution in [3.63, 3.8) is 0 Å². The minimum atomic E-state index is -0.462. The molecule has 3 heterocycles. The number of nitrogens with zero attached hydrogens (tertiary/aromatic N) is 4. The number of anilines is 3. The van der Waals surface area contributed by atoms with Gasteiger partial charge in [0.15, 0.2) is 5.65 Å². The second kappa shape index (κ2) is 8.43. The third-order valence-electron chi connectivity index (χ3n) is 5.37. The molecule has 1 aliphatic heterocycles. The van der Waals surface area contributed by atoms with E-state index in [-0.39, 0.29) is 23.5 Å². The number of rotatable bonds is 5. The highest BCUT2D eigenvalue weighted by molar-refractivity contribution is 6.30. The number of hydrogen-bond donors (Lipinski definition) is 2. The lowest BCUT2D eigenvalue weighted by Gasteiger charge is -2.20. The fraction of sp³-hybridized carbons (Fsp3) is 0.333. The molecule has 2 N–H and O–H groups in total. The molecule has 0 atom stereocenters. The van der Waals surface area contributed by atoms with Crippen LogP contribution in [-0.2, 0) is 18.9 Å². The van der Waals surface area contributed by atoms with Crippen LogP contribution in [-0.4, -0.2) is 39.7 Å². The molecule has 0 radical (unpaired) electrons. The van der Waals surface area contributed by atoms with E-state index in [0.717, 1.165) is 30.5 Å². The van der Waals surface area contributed by atoms with E-state index in [0.29, 0.717) is 22.2 Å². The molecular weight excluding hydrogens is 420 g/mol. The molecule has 1 amide bonds. The normalized spacial score (nSPS) is 13.6. The number of halogens is 1. The Morgan fingerprint density at radius 2 is 1.87 bits per heavy atom. The molecular formula is C21H23ClN6O3. The van der Waals surface area contributed by atoms with Crippen molar-refractivity contribution in [3.8, 4) is 0 Å². The minimum absolute atomic E-state index is 0.0724. The number of aryl methyl sites for hydroxylation is 1. The standard InChI is InChI=1S/C21H23ClN6O3/c1-26-19-18(20(30)27(2)21(26)31)15(11-16(25-19)28-8-3-4-9-28)23-12-17(29)24-14-7-5-6-13(22)10-14/h5-7,10-11H,3-4,8-9,12H2,1-2H3,(H,23,25)(H,24,29). The molecule has 10 heteroatoms. The highest BCUT2D eigenvalue weighted by Crippen LogP contribution is 2.26. The van der Waals surface area contributed by atoms with Gasteiger partial charge in [-0.05, 0) is 31.0 Å². The molecule has 1 aliphatic rings. The lowest BCUT2D eigenvalue weighted by molar-refractivity contribution is -0.114. The lowest BCUT2D eigenvalue weighted by atomic mass is 10.2. The van der Waals surface area contributed by atoms with Gasteiger partial charge in [-0.15, -0.1) is 0 Å². The summed E-state index contributed by atoms with van der Waals surface area (Å²) in [6.45, 7) is 1.63. The van der Waals surface area contributed by atoms with E-state index in [1.165, 1.54) is 11.6 Å². The number of fused-ring (bicyclic) bond motifs is 1. The Morgan fingerprint density at radius 3 is 2.58 bits per heavy atom. The lowest BCUT2D eigenvalue weighted by Crippen LogP contribution is -2.38. The van der Waals surface area contributed by atoms with Gasteiger partial charge in [0, 0.05) is 44.0 Å². The molecule has 0 saturated carbocycles. The number of hydrogen-bond acceptors (Lipinski definition) is 6. The van der Waals surface area contributed by atoms with Crippen LogP contribution in [0.4, 0.5) is 17.2 Å². The summed E-state index contributed by atoms with van der Waals surface area (Å²) in [7, 11) is 3.01. The average molecular weight is 443 g/mol. The van der Waals surface area contributed by atoms with Crippen molar-refractivity contribution < 1.29 is 4.79 Å². The molecule has 1 saturated heterocycles. The molecule has 0 unspecified atom stereocenters. The van der Waals surface area contributed by atoms with Crippen LogP contribution < -0.4 is 26.8 Å². The molecule has 0 aliphatic carbocycles. The molecule has 0 spiro atoms. The molecule has 3 aromatic rings. The fourth-order valence-electron chi connectivity index (χ4n) is 3.74. The van der Waals surface area contributed by atoms with Crippen LogP contribution in [0.15, 0.2) is 39.9 Å². The monoisotopic (exact) mass is 442 g/mol. The predicted molar refractivity (Wildman–Crippen MR) is 122 cm³/mol. The predicted octanol–water partition coefficient (Wildman–Crippen LogP) is 1.94. The van der Waals surface area contributed by atoms with E-state index < -0.39 is 11.2 Å². The van der Waals surface area contributed by atoms with Crippen LogP contribution in [0.3, 0.4) is 0 Å². The number of aromatic nitrogens is 3. The third-order valence-corrected chi connectivity index (χ3v) is 5.61. The van der Waals surface area contributed by atoms with Crippen LogP contribution in [0.5, 0.6) is 0 Å². The van der Waals surface area contributed by atoms with E-state index in [1.807, 2.05) is 0 Å². The van der Waals surface area contributed by atoms with Crippen molar-refractivity contribution in [2.75, 3.05) is 35.2 Å². The summed E-state index contributed by atoms with van der Waals surface area (Å²) in [5.41, 5.74) is 0.416. The summed E-state index contributed by atoms with van der Waals surface area (Å²) < 4.78 is 2.39. The molecule has 9 nitrogen and oxygen atoms in total. The highest BCUT2D eigenvalue weighted by Gasteiger charge is 2.20. The van der Waals surface area contributed by atoms with Gasteiger partial charge in [-0.2, -0.15) is 0 Å². The van der Waals surface area contributed by atoms with Gasteiger partial charge < -0.3 is 15.5 Å². The van der Waals surface area contributed by atoms with Gasteiger partial charge >= 0.3 is 5.69 Å². The number of carbonyl (C=O) groups excluding carboxylic acids is 1. The Labute approximate surface area is 183 Å². The summed E-state index contributed by atoms with van der Waals surface area (Å²) in [5, 5.41) is 6.61. The maximum Gasteiger partial charge on any atom is 0.332 e. The van der Waals surface area contributed by atoms with Gasteiger partial charge in [0.2, 0.25) is 5.91 Å². The number of nitrogens with one attached hydrogen (secondary N) is 2. The first-order valence-electron chi connectivity index (χ1n) is 10.00. The Balaban J connectivity index is 1.70. The van der Waals surface area contributed by atoms with Crippen molar-refractivity contribution in [2.24, 2.45) is 14.1 Å². The zero-order chi connectivity index (χ0) is 22.1. The van der Waals surface area contributed by atoms with E-state index in [4.69, 9.17) is 11.6 Å². The first-order chi connectivity index (χ1) is 14.8. The number of carbonyl (C=O) groups is 1. The minimum Gasteiger partial charge on any atom is -0.375 e. The molecule has 2 aromatic heterocycles. The van der Waals surface area contributed by atoms with Gasteiger partial charge in [0.25, 0.3) is 5.56 Å². The SMILES string of the molecule is Cn1c(=O)c2c(NCC(=O)Nc3cccc(Cl)c3)cc(N3CCCC3)nc2n(C)c1=O. The highest BCUT2D eigenvalue weighted by atomic mass is 35.5. The van der Waals surface area contributed by atoms with Crippen LogP contribution in [0.25, 0.3) is 11.0 Å². The van der Waals surface area contributed by atoms with Gasteiger partial charge in [0.1, 0.15) is 11.2 Å². The van der Waals surface area contributed by atoms with Gasteiger partial charge in [-0.1, -0.05) is 17.7 Å². The van der Waals surface area contributed by atoms with Crippen LogP contribution >= 0.6 is 11.6 Å². The van der Waals surface area contributed by atoms with Crippen LogP contribution in [0.2, 0.25) is 5.02 Å². The Kier molecular flexibility index (Phi) is 5.69. The van der Waals surface area contributed by atoms with E-state index in [9.17, 15) is 14.4 Å². The van der Waals surface area contributed by atoms with Crippen molar-refractivity contribution in [1.29, 1.82) is 0 Å². The van der Waals surface area contributed by atoms with Crippen LogP contribution in [0.1, 0.15) is 12.8 Å². The number of pyridine rings is 1. The number of amides is 1. The Bertz CT molecular complexity index is 1280. The summed E-state index contributed by atoms with van der Waals surface area (Å²) in [4.78, 5) is 44.5. The second-order valence-electron chi connectivity index (χ2n) is 7.54. The van der Waals surface area contributed by atoms with Crippen molar-refractivity contribution in [3.05, 3.63) is 56.2 Å². The fourth-order valence-corrected chi connectivity index (χ4v) is 3.93. The molecule has 31 heavy (non-hydrogen) atoms. The van der Waals surface area contributed by atoms with Crippen molar-refractivity contribution in [1.82, 2.24) is 14.1 Å².